The summed E-state index contributed by atoms with van der Waals surface area (Å²) in [7, 11) is 0. The fourth-order valence-corrected chi connectivity index (χ4v) is 3.26. The molecule has 0 radical (unpaired) electrons. The Kier molecular flexibility index (Phi) is 10.3. The summed E-state index contributed by atoms with van der Waals surface area (Å²) in [4.78, 5) is 49.9. The van der Waals surface area contributed by atoms with E-state index in [1.54, 1.807) is 0 Å². The van der Waals surface area contributed by atoms with E-state index in [4.69, 9.17) is 11.5 Å². The number of hydrogen-bond donors (Lipinski definition) is 6. The first kappa shape index (κ1) is 24.2. The van der Waals surface area contributed by atoms with Crippen LogP contribution in [0.1, 0.15) is 39.0 Å². The summed E-state index contributed by atoms with van der Waals surface area (Å²) >= 11 is 4.13. The molecule has 4 unspecified atom stereocenters. The summed E-state index contributed by atoms with van der Waals surface area (Å²) in [5.74, 6) is -2.58. The summed E-state index contributed by atoms with van der Waals surface area (Å²) in [6.45, 7) is 2.28. The number of carboxylic acids is 1. The predicted molar refractivity (Wildman–Crippen MR) is 107 cm³/mol. The van der Waals surface area contributed by atoms with E-state index in [9.17, 15) is 24.3 Å². The van der Waals surface area contributed by atoms with Crippen molar-refractivity contribution in [1.29, 1.82) is 0 Å². The third kappa shape index (κ3) is 6.95. The number of nitrogens with one attached hydrogen (secondary N) is 2. The maximum Gasteiger partial charge on any atom is 0.326 e. The third-order valence-electron chi connectivity index (χ3n) is 4.61. The SMILES string of the molecule is CC(N)C(=O)NC(CCCCN)C(=O)NC(CS)C(=O)N1CCCC1C(=O)O. The van der Waals surface area contributed by atoms with Crippen LogP contribution in [-0.2, 0) is 19.2 Å². The minimum Gasteiger partial charge on any atom is -0.480 e. The van der Waals surface area contributed by atoms with Crippen LogP contribution in [0.5, 0.6) is 0 Å². The van der Waals surface area contributed by atoms with Crippen LogP contribution in [0.4, 0.5) is 0 Å². The number of nitrogens with two attached hydrogens (primary N) is 2. The van der Waals surface area contributed by atoms with E-state index in [1.165, 1.54) is 11.8 Å². The summed E-state index contributed by atoms with van der Waals surface area (Å²) in [5, 5.41) is 14.4. The minimum atomic E-state index is -1.07. The molecular weight excluding hydrogens is 386 g/mol. The average Bonchev–Trinajstić information content (AvgIpc) is 3.14. The Balaban J connectivity index is 2.81. The van der Waals surface area contributed by atoms with Crippen LogP contribution in [0.15, 0.2) is 0 Å². The zero-order valence-electron chi connectivity index (χ0n) is 16.1. The van der Waals surface area contributed by atoms with Crippen LogP contribution in [-0.4, -0.2) is 76.7 Å². The second-order valence-corrected chi connectivity index (χ2v) is 7.27. The molecule has 7 N–H and O–H groups in total. The molecule has 3 amide bonds. The average molecular weight is 418 g/mol. The molecule has 0 aromatic carbocycles. The molecule has 1 saturated heterocycles. The van der Waals surface area contributed by atoms with Crippen LogP contribution in [0.3, 0.4) is 0 Å². The molecule has 10 nitrogen and oxygen atoms in total. The van der Waals surface area contributed by atoms with Gasteiger partial charge in [0, 0.05) is 12.3 Å². The van der Waals surface area contributed by atoms with Crippen LogP contribution in [0.25, 0.3) is 0 Å². The number of hydrogen-bond acceptors (Lipinski definition) is 7. The maximum absolute atomic E-state index is 12.7. The molecule has 1 heterocycles. The van der Waals surface area contributed by atoms with Gasteiger partial charge in [-0.1, -0.05) is 0 Å². The van der Waals surface area contributed by atoms with E-state index in [1.807, 2.05) is 0 Å². The molecule has 1 aliphatic heterocycles. The molecule has 0 aliphatic carbocycles. The van der Waals surface area contributed by atoms with Gasteiger partial charge in [0.25, 0.3) is 0 Å². The van der Waals surface area contributed by atoms with Crippen LogP contribution in [0, 0.1) is 0 Å². The predicted octanol–water partition coefficient (Wildman–Crippen LogP) is -1.56. The van der Waals surface area contributed by atoms with Gasteiger partial charge >= 0.3 is 5.97 Å². The summed E-state index contributed by atoms with van der Waals surface area (Å²) in [6, 6.07) is -3.54. The highest BCUT2D eigenvalue weighted by atomic mass is 32.1. The number of carbonyl (C=O) groups excluding carboxylic acids is 3. The second kappa shape index (κ2) is 11.9. The fraction of sp³-hybridized carbons (Fsp3) is 0.765. The molecule has 0 saturated carbocycles. The molecule has 1 rings (SSSR count). The first-order valence-electron chi connectivity index (χ1n) is 9.43. The van der Waals surface area contributed by atoms with Crippen molar-refractivity contribution < 1.29 is 24.3 Å². The van der Waals surface area contributed by atoms with Gasteiger partial charge in [-0.25, -0.2) is 4.79 Å². The standard InChI is InChI=1S/C17H31N5O5S/c1-10(19)14(23)20-11(5-2-3-7-18)15(24)21-12(9-28)16(25)22-8-4-6-13(22)17(26)27/h10-13,28H,2-9,18-19H2,1H3,(H,20,23)(H,21,24)(H,26,27). The number of aliphatic carboxylic acids is 1. The van der Waals surface area contributed by atoms with Crippen molar-refractivity contribution >= 4 is 36.3 Å². The number of likely N-dealkylation sites (tertiary alicyclic amines) is 1. The van der Waals surface area contributed by atoms with E-state index in [0.717, 1.165) is 0 Å². The topological polar surface area (TPSA) is 168 Å². The molecule has 0 spiro atoms. The van der Waals surface area contributed by atoms with Gasteiger partial charge in [0.05, 0.1) is 6.04 Å². The molecule has 1 fully saturated rings. The molecule has 0 aromatic heterocycles. The molecule has 28 heavy (non-hydrogen) atoms. The van der Waals surface area contributed by atoms with Gasteiger partial charge in [-0.15, -0.1) is 0 Å². The van der Waals surface area contributed by atoms with Crippen LogP contribution >= 0.6 is 12.6 Å². The molecule has 11 heteroatoms. The molecule has 0 bridgehead atoms. The highest BCUT2D eigenvalue weighted by molar-refractivity contribution is 7.80. The zero-order chi connectivity index (χ0) is 21.3. The Morgan fingerprint density at radius 1 is 1.18 bits per heavy atom. The lowest BCUT2D eigenvalue weighted by atomic mass is 10.1. The number of thiol groups is 1. The second-order valence-electron chi connectivity index (χ2n) is 6.91. The van der Waals surface area contributed by atoms with Gasteiger partial charge in [-0.05, 0) is 45.6 Å². The lowest BCUT2D eigenvalue weighted by Gasteiger charge is -2.28. The van der Waals surface area contributed by atoms with Crippen LogP contribution < -0.4 is 22.1 Å². The van der Waals surface area contributed by atoms with E-state index in [2.05, 4.69) is 23.3 Å². The third-order valence-corrected chi connectivity index (χ3v) is 4.98. The van der Waals surface area contributed by atoms with Crippen molar-refractivity contribution in [3.05, 3.63) is 0 Å². The first-order valence-corrected chi connectivity index (χ1v) is 10.1. The van der Waals surface area contributed by atoms with E-state index < -0.39 is 47.9 Å². The number of amides is 3. The van der Waals surface area contributed by atoms with E-state index >= 15 is 0 Å². The minimum absolute atomic E-state index is 0.00414. The van der Waals surface area contributed by atoms with Crippen molar-refractivity contribution in [2.45, 2.75) is 63.2 Å². The number of nitrogens with zero attached hydrogens (tertiary/aromatic N) is 1. The molecule has 1 aliphatic rings. The monoisotopic (exact) mass is 417 g/mol. The van der Waals surface area contributed by atoms with Gasteiger partial charge < -0.3 is 32.1 Å². The summed E-state index contributed by atoms with van der Waals surface area (Å²) < 4.78 is 0. The maximum atomic E-state index is 12.7. The van der Waals surface area contributed by atoms with Crippen molar-refractivity contribution in [3.8, 4) is 0 Å². The molecule has 0 aromatic rings. The van der Waals surface area contributed by atoms with E-state index in [0.29, 0.717) is 45.2 Å². The van der Waals surface area contributed by atoms with Gasteiger partial charge in [-0.2, -0.15) is 12.6 Å². The smallest absolute Gasteiger partial charge is 0.326 e. The fourth-order valence-electron chi connectivity index (χ4n) is 3.01. The number of unbranched alkanes of at least 4 members (excludes halogenated alkanes) is 1. The molecular formula is C17H31N5O5S. The highest BCUT2D eigenvalue weighted by Gasteiger charge is 2.37. The van der Waals surface area contributed by atoms with Gasteiger partial charge in [-0.3, -0.25) is 14.4 Å². The van der Waals surface area contributed by atoms with Gasteiger partial charge in [0.2, 0.25) is 17.7 Å². The normalized spacial score (nSPS) is 19.6. The van der Waals surface area contributed by atoms with Crippen molar-refractivity contribution in [3.63, 3.8) is 0 Å². The Morgan fingerprint density at radius 3 is 2.36 bits per heavy atom. The Morgan fingerprint density at radius 2 is 1.82 bits per heavy atom. The van der Waals surface area contributed by atoms with Crippen molar-refractivity contribution in [2.75, 3.05) is 18.8 Å². The lowest BCUT2D eigenvalue weighted by Crippen LogP contribution is -2.57. The quantitative estimate of drug-likeness (QED) is 0.174. The molecule has 4 atom stereocenters. The number of carbonyl (C=O) groups is 4. The Bertz CT molecular complexity index is 574. The van der Waals surface area contributed by atoms with Crippen molar-refractivity contribution in [2.24, 2.45) is 11.5 Å². The number of rotatable bonds is 11. The largest absolute Gasteiger partial charge is 0.480 e. The molecule has 160 valence electrons. The Hall–Kier alpha value is -1.85. The van der Waals surface area contributed by atoms with Gasteiger partial charge in [0.15, 0.2) is 0 Å². The summed E-state index contributed by atoms with van der Waals surface area (Å²) in [5.41, 5.74) is 11.0. The van der Waals surface area contributed by atoms with Crippen molar-refractivity contribution in [1.82, 2.24) is 15.5 Å². The van der Waals surface area contributed by atoms with Crippen LogP contribution in [0.2, 0.25) is 0 Å². The van der Waals surface area contributed by atoms with Gasteiger partial charge in [0.1, 0.15) is 18.1 Å². The first-order chi connectivity index (χ1) is 13.2. The lowest BCUT2D eigenvalue weighted by molar-refractivity contribution is -0.149. The zero-order valence-corrected chi connectivity index (χ0v) is 17.0. The summed E-state index contributed by atoms with van der Waals surface area (Å²) in [6.07, 6.45) is 2.60. The highest BCUT2D eigenvalue weighted by Crippen LogP contribution is 2.19. The van der Waals surface area contributed by atoms with E-state index in [-0.39, 0.29) is 5.75 Å². The Labute approximate surface area is 170 Å². The number of carboxylic acid groups (broad SMARTS) is 1.